The molecular weight excluding hydrogens is 501 g/mol. The Kier molecular flexibility index (Phi) is 8.45. The Labute approximate surface area is 202 Å². The molecule has 7 heteroatoms. The lowest BCUT2D eigenvalue weighted by atomic mass is 10.2. The quantitative estimate of drug-likeness (QED) is 0.276. The van der Waals surface area contributed by atoms with Gasteiger partial charge in [-0.15, -0.1) is 24.0 Å². The highest BCUT2D eigenvalue weighted by Crippen LogP contribution is 2.22. The number of halogens is 1. The van der Waals surface area contributed by atoms with Gasteiger partial charge in [0, 0.05) is 70.3 Å². The van der Waals surface area contributed by atoms with Crippen LogP contribution in [0.2, 0.25) is 0 Å². The van der Waals surface area contributed by atoms with E-state index in [-0.39, 0.29) is 24.0 Å². The first kappa shape index (κ1) is 23.2. The van der Waals surface area contributed by atoms with Crippen molar-refractivity contribution >= 4 is 41.3 Å². The third-order valence-electron chi connectivity index (χ3n) is 5.75. The van der Waals surface area contributed by atoms with Gasteiger partial charge in [-0.1, -0.05) is 30.4 Å². The molecule has 166 valence electrons. The fraction of sp³-hybridized carbons (Fsp3) is 0.375. The van der Waals surface area contributed by atoms with Gasteiger partial charge in [-0.3, -0.25) is 4.99 Å². The van der Waals surface area contributed by atoms with Gasteiger partial charge in [-0.05, 0) is 29.8 Å². The SMILES string of the molecule is CN=C(NCc1cccc(N2CC=CC2)c1)N1CCN(c2cccc(OC)c2)CC1.I. The third kappa shape index (κ3) is 5.84. The maximum Gasteiger partial charge on any atom is 0.194 e. The maximum atomic E-state index is 5.36. The summed E-state index contributed by atoms with van der Waals surface area (Å²) in [5.74, 6) is 1.87. The highest BCUT2D eigenvalue weighted by molar-refractivity contribution is 14.0. The summed E-state index contributed by atoms with van der Waals surface area (Å²) >= 11 is 0. The number of methoxy groups -OCH3 is 1. The van der Waals surface area contributed by atoms with E-state index in [0.717, 1.165) is 57.5 Å². The van der Waals surface area contributed by atoms with E-state index in [1.165, 1.54) is 16.9 Å². The van der Waals surface area contributed by atoms with E-state index in [1.807, 2.05) is 19.2 Å². The van der Waals surface area contributed by atoms with Gasteiger partial charge in [0.15, 0.2) is 5.96 Å². The monoisotopic (exact) mass is 533 g/mol. The number of aliphatic imine (C=N–C) groups is 1. The van der Waals surface area contributed by atoms with E-state index < -0.39 is 0 Å². The summed E-state index contributed by atoms with van der Waals surface area (Å²) in [6.07, 6.45) is 4.44. The number of rotatable bonds is 5. The van der Waals surface area contributed by atoms with Gasteiger partial charge in [0.2, 0.25) is 0 Å². The molecule has 0 saturated carbocycles. The molecule has 0 spiro atoms. The zero-order valence-electron chi connectivity index (χ0n) is 18.3. The Morgan fingerprint density at radius 1 is 0.935 bits per heavy atom. The van der Waals surface area contributed by atoms with Crippen LogP contribution in [0.1, 0.15) is 5.56 Å². The number of guanidine groups is 1. The van der Waals surface area contributed by atoms with Gasteiger partial charge < -0.3 is 24.8 Å². The van der Waals surface area contributed by atoms with Crippen LogP contribution >= 0.6 is 24.0 Å². The van der Waals surface area contributed by atoms with E-state index >= 15 is 0 Å². The Balaban J connectivity index is 0.00000272. The average Bonchev–Trinajstić information content (AvgIpc) is 3.35. The van der Waals surface area contributed by atoms with Crippen molar-refractivity contribution in [2.75, 3.05) is 63.2 Å². The summed E-state index contributed by atoms with van der Waals surface area (Å²) in [5, 5.41) is 3.55. The Morgan fingerprint density at radius 3 is 2.29 bits per heavy atom. The molecule has 31 heavy (non-hydrogen) atoms. The second kappa shape index (κ2) is 11.3. The van der Waals surface area contributed by atoms with Crippen LogP contribution in [0.4, 0.5) is 11.4 Å². The number of nitrogens with one attached hydrogen (secondary N) is 1. The van der Waals surface area contributed by atoms with Crippen molar-refractivity contribution in [2.45, 2.75) is 6.54 Å². The normalized spacial score (nSPS) is 16.3. The molecule has 0 unspecified atom stereocenters. The molecule has 1 fully saturated rings. The van der Waals surface area contributed by atoms with Crippen LogP contribution in [0, 0.1) is 0 Å². The van der Waals surface area contributed by atoms with E-state index in [1.54, 1.807) is 7.11 Å². The van der Waals surface area contributed by atoms with Gasteiger partial charge in [-0.2, -0.15) is 0 Å². The summed E-state index contributed by atoms with van der Waals surface area (Å²) in [5.41, 5.74) is 3.77. The zero-order valence-corrected chi connectivity index (χ0v) is 20.7. The average molecular weight is 533 g/mol. The third-order valence-corrected chi connectivity index (χ3v) is 5.75. The molecule has 2 heterocycles. The first-order chi connectivity index (χ1) is 14.8. The standard InChI is InChI=1S/C24H31N5O.HI/c1-25-24(26-19-20-7-5-8-21(17-20)27-11-3-4-12-27)29-15-13-28(14-16-29)22-9-6-10-23(18-22)30-2;/h3-10,17-18H,11-16,19H2,1-2H3,(H,25,26);1H. The minimum atomic E-state index is 0. The van der Waals surface area contributed by atoms with Crippen LogP contribution in [0.25, 0.3) is 0 Å². The van der Waals surface area contributed by atoms with Crippen molar-refractivity contribution in [1.29, 1.82) is 0 Å². The first-order valence-corrected chi connectivity index (χ1v) is 10.6. The van der Waals surface area contributed by atoms with Crippen molar-refractivity contribution in [3.63, 3.8) is 0 Å². The molecule has 2 aromatic carbocycles. The molecule has 0 bridgehead atoms. The number of hydrogen-bond donors (Lipinski definition) is 1. The highest BCUT2D eigenvalue weighted by atomic mass is 127. The summed E-state index contributed by atoms with van der Waals surface area (Å²) in [7, 11) is 3.58. The fourth-order valence-electron chi connectivity index (χ4n) is 4.05. The predicted octanol–water partition coefficient (Wildman–Crippen LogP) is 3.59. The molecule has 0 radical (unpaired) electrons. The van der Waals surface area contributed by atoms with Crippen LogP contribution in [0.3, 0.4) is 0 Å². The molecule has 0 aromatic heterocycles. The van der Waals surface area contributed by atoms with Gasteiger partial charge in [0.1, 0.15) is 5.75 Å². The second-order valence-corrected chi connectivity index (χ2v) is 7.62. The van der Waals surface area contributed by atoms with Crippen molar-refractivity contribution in [2.24, 2.45) is 4.99 Å². The van der Waals surface area contributed by atoms with Gasteiger partial charge in [0.05, 0.1) is 7.11 Å². The first-order valence-electron chi connectivity index (χ1n) is 10.6. The van der Waals surface area contributed by atoms with Crippen molar-refractivity contribution in [3.8, 4) is 5.75 Å². The number of piperazine rings is 1. The molecule has 2 aromatic rings. The summed E-state index contributed by atoms with van der Waals surface area (Å²) in [4.78, 5) is 11.6. The Hall–Kier alpha value is -2.42. The number of benzene rings is 2. The summed E-state index contributed by atoms with van der Waals surface area (Å²) < 4.78 is 5.36. The topological polar surface area (TPSA) is 43.3 Å². The summed E-state index contributed by atoms with van der Waals surface area (Å²) in [6, 6.07) is 17.1. The predicted molar refractivity (Wildman–Crippen MR) is 140 cm³/mol. The Morgan fingerprint density at radius 2 is 1.61 bits per heavy atom. The molecule has 6 nitrogen and oxygen atoms in total. The van der Waals surface area contributed by atoms with E-state index in [4.69, 9.17) is 4.74 Å². The minimum Gasteiger partial charge on any atom is -0.497 e. The van der Waals surface area contributed by atoms with Crippen molar-refractivity contribution < 1.29 is 4.74 Å². The van der Waals surface area contributed by atoms with E-state index in [0.29, 0.717) is 0 Å². The lowest BCUT2D eigenvalue weighted by molar-refractivity contribution is 0.372. The minimum absolute atomic E-state index is 0. The molecule has 4 rings (SSSR count). The maximum absolute atomic E-state index is 5.36. The van der Waals surface area contributed by atoms with Crippen molar-refractivity contribution in [3.05, 3.63) is 66.2 Å². The van der Waals surface area contributed by atoms with Gasteiger partial charge >= 0.3 is 0 Å². The lowest BCUT2D eigenvalue weighted by Crippen LogP contribution is -2.52. The molecule has 0 aliphatic carbocycles. The summed E-state index contributed by atoms with van der Waals surface area (Å²) in [6.45, 7) is 6.58. The highest BCUT2D eigenvalue weighted by Gasteiger charge is 2.20. The molecule has 2 aliphatic heterocycles. The van der Waals surface area contributed by atoms with Gasteiger partial charge in [0.25, 0.3) is 0 Å². The molecular formula is C24H32IN5O. The van der Waals surface area contributed by atoms with E-state index in [2.05, 4.69) is 73.6 Å². The van der Waals surface area contributed by atoms with Crippen molar-refractivity contribution in [1.82, 2.24) is 10.2 Å². The van der Waals surface area contributed by atoms with Crippen LogP contribution in [-0.2, 0) is 6.54 Å². The number of hydrogen-bond acceptors (Lipinski definition) is 4. The number of nitrogens with zero attached hydrogens (tertiary/aromatic N) is 4. The van der Waals surface area contributed by atoms with Crippen LogP contribution < -0.4 is 19.9 Å². The molecule has 1 N–H and O–H groups in total. The van der Waals surface area contributed by atoms with Gasteiger partial charge in [-0.25, -0.2) is 0 Å². The molecule has 2 aliphatic rings. The molecule has 0 amide bonds. The number of anilines is 2. The van der Waals surface area contributed by atoms with Crippen LogP contribution in [0.15, 0.2) is 65.7 Å². The Bertz CT molecular complexity index is 900. The lowest BCUT2D eigenvalue weighted by Gasteiger charge is -2.37. The van der Waals surface area contributed by atoms with Crippen LogP contribution in [-0.4, -0.2) is 64.3 Å². The fourth-order valence-corrected chi connectivity index (χ4v) is 4.05. The smallest absolute Gasteiger partial charge is 0.194 e. The van der Waals surface area contributed by atoms with Crippen LogP contribution in [0.5, 0.6) is 5.75 Å². The largest absolute Gasteiger partial charge is 0.497 e. The number of ether oxygens (including phenoxy) is 1. The molecule has 1 saturated heterocycles. The van der Waals surface area contributed by atoms with E-state index in [9.17, 15) is 0 Å². The molecule has 0 atom stereocenters. The second-order valence-electron chi connectivity index (χ2n) is 7.62. The zero-order chi connectivity index (χ0) is 20.8.